The van der Waals surface area contributed by atoms with Gasteiger partial charge in [0.1, 0.15) is 18.5 Å². The zero-order valence-corrected chi connectivity index (χ0v) is 16.0. The number of hydrogen-bond donors (Lipinski definition) is 2. The minimum atomic E-state index is -0.538. The van der Waals surface area contributed by atoms with E-state index in [0.29, 0.717) is 28.0 Å². The third-order valence-electron chi connectivity index (χ3n) is 4.43. The summed E-state index contributed by atoms with van der Waals surface area (Å²) < 4.78 is 5.61. The molecule has 0 bridgehead atoms. The SMILES string of the molecule is Nc1ccc(OC[C@@H](O)CN2CCN(c3ccc(Cl)c(Cl)c3)CC2)cc1. The molecule has 3 N–H and O–H groups in total. The van der Waals surface area contributed by atoms with Gasteiger partial charge in [0.05, 0.1) is 10.0 Å². The van der Waals surface area contributed by atoms with E-state index in [1.807, 2.05) is 18.2 Å². The van der Waals surface area contributed by atoms with Gasteiger partial charge in [-0.05, 0) is 42.5 Å². The fourth-order valence-electron chi connectivity index (χ4n) is 2.98. The number of anilines is 2. The standard InChI is InChI=1S/C19H23Cl2N3O2/c20-18-6-3-15(11-19(18)21)24-9-7-23(8-10-24)12-16(25)13-26-17-4-1-14(22)2-5-17/h1-6,11,16,25H,7-10,12-13,22H2/t16-/m0/s1. The zero-order valence-electron chi connectivity index (χ0n) is 14.4. The molecule has 0 amide bonds. The molecular formula is C19H23Cl2N3O2. The maximum Gasteiger partial charge on any atom is 0.119 e. The van der Waals surface area contributed by atoms with E-state index in [1.165, 1.54) is 0 Å². The van der Waals surface area contributed by atoms with Gasteiger partial charge in [0.25, 0.3) is 0 Å². The van der Waals surface area contributed by atoms with Crippen LogP contribution in [0.2, 0.25) is 10.0 Å². The van der Waals surface area contributed by atoms with Gasteiger partial charge in [-0.1, -0.05) is 23.2 Å². The molecule has 2 aromatic carbocycles. The monoisotopic (exact) mass is 395 g/mol. The van der Waals surface area contributed by atoms with Gasteiger partial charge in [0.15, 0.2) is 0 Å². The van der Waals surface area contributed by atoms with Crippen molar-refractivity contribution in [1.29, 1.82) is 0 Å². The van der Waals surface area contributed by atoms with Gasteiger partial charge in [0, 0.05) is 44.1 Å². The van der Waals surface area contributed by atoms with Gasteiger partial charge in [-0.3, -0.25) is 4.90 Å². The quantitative estimate of drug-likeness (QED) is 0.735. The predicted octanol–water partition coefficient (Wildman–Crippen LogP) is 3.14. The second kappa shape index (κ2) is 8.82. The van der Waals surface area contributed by atoms with Crippen LogP contribution in [0.3, 0.4) is 0 Å². The lowest BCUT2D eigenvalue weighted by atomic mass is 10.2. The first-order valence-corrected chi connectivity index (χ1v) is 9.35. The molecule has 0 aromatic heterocycles. The van der Waals surface area contributed by atoms with E-state index in [-0.39, 0.29) is 6.61 Å². The number of nitrogens with two attached hydrogens (primary N) is 1. The highest BCUT2D eigenvalue weighted by Crippen LogP contribution is 2.27. The van der Waals surface area contributed by atoms with Crippen LogP contribution in [0.1, 0.15) is 0 Å². The second-order valence-electron chi connectivity index (χ2n) is 6.42. The van der Waals surface area contributed by atoms with Crippen LogP contribution in [-0.2, 0) is 0 Å². The van der Waals surface area contributed by atoms with E-state index in [1.54, 1.807) is 24.3 Å². The van der Waals surface area contributed by atoms with Crippen molar-refractivity contribution in [2.24, 2.45) is 0 Å². The molecule has 0 aliphatic carbocycles. The highest BCUT2D eigenvalue weighted by atomic mass is 35.5. The smallest absolute Gasteiger partial charge is 0.119 e. The molecule has 1 atom stereocenters. The van der Waals surface area contributed by atoms with Crippen molar-refractivity contribution in [2.45, 2.75) is 6.10 Å². The summed E-state index contributed by atoms with van der Waals surface area (Å²) in [7, 11) is 0. The highest BCUT2D eigenvalue weighted by molar-refractivity contribution is 6.42. The Balaban J connectivity index is 1.43. The summed E-state index contributed by atoms with van der Waals surface area (Å²) >= 11 is 12.1. The first-order chi connectivity index (χ1) is 12.5. The van der Waals surface area contributed by atoms with Crippen molar-refractivity contribution in [3.8, 4) is 5.75 Å². The highest BCUT2D eigenvalue weighted by Gasteiger charge is 2.20. The van der Waals surface area contributed by atoms with Crippen LogP contribution < -0.4 is 15.4 Å². The normalized spacial score (nSPS) is 16.5. The molecule has 140 valence electrons. The Hall–Kier alpha value is -1.66. The molecule has 3 rings (SSSR count). The minimum absolute atomic E-state index is 0.261. The number of rotatable bonds is 6. The summed E-state index contributed by atoms with van der Waals surface area (Å²) in [4.78, 5) is 4.51. The summed E-state index contributed by atoms with van der Waals surface area (Å²) in [5.41, 5.74) is 7.41. The molecule has 1 saturated heterocycles. The number of aliphatic hydroxyl groups excluding tert-OH is 1. The molecule has 2 aromatic rings. The van der Waals surface area contributed by atoms with Gasteiger partial charge in [-0.2, -0.15) is 0 Å². The number of halogens is 2. The number of hydrogen-bond acceptors (Lipinski definition) is 5. The van der Waals surface area contributed by atoms with Crippen molar-refractivity contribution in [1.82, 2.24) is 4.90 Å². The van der Waals surface area contributed by atoms with Crippen molar-refractivity contribution in [2.75, 3.05) is 50.0 Å². The molecule has 0 unspecified atom stereocenters. The largest absolute Gasteiger partial charge is 0.491 e. The Kier molecular flexibility index (Phi) is 6.48. The Morgan fingerprint density at radius 2 is 1.69 bits per heavy atom. The number of aliphatic hydroxyl groups is 1. The third kappa shape index (κ3) is 5.17. The van der Waals surface area contributed by atoms with E-state index in [0.717, 1.165) is 31.9 Å². The summed E-state index contributed by atoms with van der Waals surface area (Å²) in [6.07, 6.45) is -0.538. The maximum atomic E-state index is 10.2. The second-order valence-corrected chi connectivity index (χ2v) is 7.23. The first kappa shape index (κ1) is 19.1. The molecule has 1 aliphatic rings. The summed E-state index contributed by atoms with van der Waals surface area (Å²) in [5, 5.41) is 11.4. The molecule has 1 heterocycles. The Morgan fingerprint density at radius 3 is 2.35 bits per heavy atom. The van der Waals surface area contributed by atoms with Crippen molar-refractivity contribution in [3.63, 3.8) is 0 Å². The maximum absolute atomic E-state index is 10.2. The van der Waals surface area contributed by atoms with Gasteiger partial charge in [-0.25, -0.2) is 0 Å². The number of ether oxygens (including phenoxy) is 1. The van der Waals surface area contributed by atoms with E-state index in [9.17, 15) is 5.11 Å². The number of β-amino-alcohol motifs (C(OH)–C–C–N with tert-alkyl or cyclic N) is 1. The topological polar surface area (TPSA) is 62.0 Å². The average Bonchev–Trinajstić information content (AvgIpc) is 2.64. The lowest BCUT2D eigenvalue weighted by molar-refractivity contribution is 0.0663. The molecule has 1 fully saturated rings. The number of nitrogen functional groups attached to an aromatic ring is 1. The lowest BCUT2D eigenvalue weighted by Crippen LogP contribution is -2.49. The van der Waals surface area contributed by atoms with E-state index >= 15 is 0 Å². The van der Waals surface area contributed by atoms with E-state index in [2.05, 4.69) is 9.80 Å². The van der Waals surface area contributed by atoms with Crippen molar-refractivity contribution >= 4 is 34.6 Å². The fraction of sp³-hybridized carbons (Fsp3) is 0.368. The van der Waals surface area contributed by atoms with Crippen LogP contribution in [-0.4, -0.2) is 55.4 Å². The number of piperazine rings is 1. The Bertz CT molecular complexity index is 719. The number of benzene rings is 2. The molecule has 0 saturated carbocycles. The van der Waals surface area contributed by atoms with Crippen molar-refractivity contribution < 1.29 is 9.84 Å². The molecule has 0 radical (unpaired) electrons. The van der Waals surface area contributed by atoms with Crippen LogP contribution in [0.4, 0.5) is 11.4 Å². The third-order valence-corrected chi connectivity index (χ3v) is 5.17. The van der Waals surface area contributed by atoms with E-state index < -0.39 is 6.10 Å². The van der Waals surface area contributed by atoms with Crippen LogP contribution in [0.25, 0.3) is 0 Å². The molecule has 5 nitrogen and oxygen atoms in total. The van der Waals surface area contributed by atoms with Crippen molar-refractivity contribution in [3.05, 3.63) is 52.5 Å². The van der Waals surface area contributed by atoms with Crippen LogP contribution in [0.5, 0.6) is 5.75 Å². The fourth-order valence-corrected chi connectivity index (χ4v) is 3.27. The summed E-state index contributed by atoms with van der Waals surface area (Å²) in [6.45, 7) is 4.35. The molecule has 7 heteroatoms. The first-order valence-electron chi connectivity index (χ1n) is 8.60. The summed E-state index contributed by atoms with van der Waals surface area (Å²) in [6, 6.07) is 12.9. The zero-order chi connectivity index (χ0) is 18.5. The van der Waals surface area contributed by atoms with Crippen LogP contribution in [0, 0.1) is 0 Å². The average molecular weight is 396 g/mol. The van der Waals surface area contributed by atoms with Gasteiger partial charge >= 0.3 is 0 Å². The molecule has 1 aliphatic heterocycles. The minimum Gasteiger partial charge on any atom is -0.491 e. The molecule has 26 heavy (non-hydrogen) atoms. The van der Waals surface area contributed by atoms with Crippen LogP contribution in [0.15, 0.2) is 42.5 Å². The number of nitrogens with zero attached hydrogens (tertiary/aromatic N) is 2. The molecule has 0 spiro atoms. The lowest BCUT2D eigenvalue weighted by Gasteiger charge is -2.37. The van der Waals surface area contributed by atoms with Crippen LogP contribution >= 0.6 is 23.2 Å². The van der Waals surface area contributed by atoms with Gasteiger partial charge < -0.3 is 20.5 Å². The van der Waals surface area contributed by atoms with Gasteiger partial charge in [-0.15, -0.1) is 0 Å². The van der Waals surface area contributed by atoms with Gasteiger partial charge in [0.2, 0.25) is 0 Å². The van der Waals surface area contributed by atoms with E-state index in [4.69, 9.17) is 33.7 Å². The summed E-state index contributed by atoms with van der Waals surface area (Å²) in [5.74, 6) is 0.711. The predicted molar refractivity (Wildman–Crippen MR) is 107 cm³/mol. The Labute approximate surface area is 163 Å². The molecular weight excluding hydrogens is 373 g/mol. The Morgan fingerprint density at radius 1 is 1.00 bits per heavy atom.